The molecule has 12 nitrogen and oxygen atoms in total. The molecular formula is C34H64N6O6. The Balaban J connectivity index is 0. The quantitative estimate of drug-likeness (QED) is 0.165. The third-order valence-corrected chi connectivity index (χ3v) is 6.58. The Morgan fingerprint density at radius 3 is 1.93 bits per heavy atom. The van der Waals surface area contributed by atoms with Crippen LogP contribution in [0.5, 0.6) is 0 Å². The van der Waals surface area contributed by atoms with Gasteiger partial charge in [0, 0.05) is 26.2 Å². The molecule has 4 N–H and O–H groups in total. The summed E-state index contributed by atoms with van der Waals surface area (Å²) in [7, 11) is 0. The molecule has 46 heavy (non-hydrogen) atoms. The van der Waals surface area contributed by atoms with E-state index in [2.05, 4.69) is 62.5 Å². The van der Waals surface area contributed by atoms with Crippen LogP contribution in [0.15, 0.2) is 12.7 Å². The number of likely N-dealkylation sites (N-methyl/N-ethyl adjacent to an activating group) is 1. The van der Waals surface area contributed by atoms with Crippen LogP contribution < -0.4 is 21.3 Å². The number of rotatable bonds is 14. The second-order valence-electron chi connectivity index (χ2n) is 13.0. The molecule has 0 radical (unpaired) electrons. The van der Waals surface area contributed by atoms with Gasteiger partial charge in [0.25, 0.3) is 5.91 Å². The van der Waals surface area contributed by atoms with E-state index in [1.165, 1.54) is 17.4 Å². The predicted octanol–water partition coefficient (Wildman–Crippen LogP) is 3.79. The average Bonchev–Trinajstić information content (AvgIpc) is 3.47. The summed E-state index contributed by atoms with van der Waals surface area (Å²) in [5, 5.41) is 10.3. The molecule has 0 aliphatic carbocycles. The van der Waals surface area contributed by atoms with Gasteiger partial charge in [0.15, 0.2) is 0 Å². The highest BCUT2D eigenvalue weighted by Crippen LogP contribution is 2.26. The normalized spacial score (nSPS) is 15.1. The summed E-state index contributed by atoms with van der Waals surface area (Å²) in [6, 6.07) is -3.51. The van der Waals surface area contributed by atoms with Gasteiger partial charge in [-0.15, -0.1) is 6.58 Å². The number of amides is 6. The van der Waals surface area contributed by atoms with Crippen molar-refractivity contribution in [3.63, 3.8) is 0 Å². The highest BCUT2D eigenvalue weighted by atomic mass is 16.2. The van der Waals surface area contributed by atoms with Crippen molar-refractivity contribution >= 4 is 35.4 Å². The molecule has 3 unspecified atom stereocenters. The number of carbonyl (C=O) groups is 6. The van der Waals surface area contributed by atoms with Crippen molar-refractivity contribution in [3.8, 4) is 0 Å². The Morgan fingerprint density at radius 1 is 0.935 bits per heavy atom. The largest absolute Gasteiger partial charge is 0.346 e. The van der Waals surface area contributed by atoms with Crippen LogP contribution in [0, 0.1) is 11.3 Å². The number of nitrogens with one attached hydrogen (secondary N) is 4. The van der Waals surface area contributed by atoms with Gasteiger partial charge in [-0.25, -0.2) is 4.79 Å². The number of ketones is 1. The summed E-state index contributed by atoms with van der Waals surface area (Å²) < 4.78 is 0. The van der Waals surface area contributed by atoms with Gasteiger partial charge >= 0.3 is 6.03 Å². The molecule has 0 aromatic heterocycles. The molecule has 266 valence electrons. The Morgan fingerprint density at radius 2 is 1.48 bits per heavy atom. The Kier molecular flexibility index (Phi) is 23.2. The van der Waals surface area contributed by atoms with Crippen LogP contribution in [0.25, 0.3) is 0 Å². The lowest BCUT2D eigenvalue weighted by Crippen LogP contribution is -2.60. The third-order valence-electron chi connectivity index (χ3n) is 6.58. The molecule has 1 saturated heterocycles. The van der Waals surface area contributed by atoms with Crippen molar-refractivity contribution < 1.29 is 28.8 Å². The Bertz CT molecular complexity index is 971. The highest BCUT2D eigenvalue weighted by molar-refractivity contribution is 6.38. The Labute approximate surface area is 278 Å². The van der Waals surface area contributed by atoms with Gasteiger partial charge in [0.2, 0.25) is 23.5 Å². The van der Waals surface area contributed by atoms with Gasteiger partial charge < -0.3 is 31.1 Å². The molecule has 0 aromatic rings. The van der Waals surface area contributed by atoms with Crippen LogP contribution in [-0.4, -0.2) is 96.1 Å². The summed E-state index contributed by atoms with van der Waals surface area (Å²) in [4.78, 5) is 79.6. The lowest BCUT2D eigenvalue weighted by molar-refractivity contribution is -0.143. The molecule has 1 rings (SSSR count). The first kappa shape index (κ1) is 44.7. The fraction of sp³-hybridized carbons (Fsp3) is 0.765. The van der Waals surface area contributed by atoms with Gasteiger partial charge in [0.1, 0.15) is 12.1 Å². The first-order chi connectivity index (χ1) is 21.5. The molecular weight excluding hydrogens is 588 g/mol. The summed E-state index contributed by atoms with van der Waals surface area (Å²) in [6.07, 6.45) is 4.47. The summed E-state index contributed by atoms with van der Waals surface area (Å²) in [5.74, 6) is -1.93. The van der Waals surface area contributed by atoms with Gasteiger partial charge in [-0.3, -0.25) is 24.0 Å². The zero-order valence-electron chi connectivity index (χ0n) is 30.5. The summed E-state index contributed by atoms with van der Waals surface area (Å²) >= 11 is 0. The number of Topliss-reactive ketones (excluding diaryl/α,β-unsaturated/α-hetero) is 1. The van der Waals surface area contributed by atoms with Gasteiger partial charge in [-0.1, -0.05) is 81.2 Å². The molecule has 1 aliphatic rings. The zero-order chi connectivity index (χ0) is 36.0. The summed E-state index contributed by atoms with van der Waals surface area (Å²) in [6.45, 7) is 26.4. The standard InChI is InChI=1S/C27H46N6O6.C4H10.C3H8/c1-8-13-18(21(35)24(37)28-15-9-2)30-23(36)19-14-12-16-33(19)25(38)22(27(5,6)7)31-26(39)29-17-20(34)32(10-3)11-4;1-4(2)3;1-3-2/h9,18-19,22H,2,8,10-17H2,1,3-7H3,(H,28,37)(H,30,36)(H2,29,31,39);4H,1-3H3;3H2,1-2H3. The average molecular weight is 653 g/mol. The maximum absolute atomic E-state index is 13.6. The minimum atomic E-state index is -1.02. The van der Waals surface area contributed by atoms with E-state index in [-0.39, 0.29) is 25.4 Å². The lowest BCUT2D eigenvalue weighted by Gasteiger charge is -2.35. The molecule has 6 amide bonds. The third kappa shape index (κ3) is 17.3. The van der Waals surface area contributed by atoms with E-state index < -0.39 is 53.1 Å². The second kappa shape index (κ2) is 23.8. The minimum absolute atomic E-state index is 0.126. The molecule has 0 aromatic carbocycles. The SMILES string of the molecule is C=CCNC(=O)C(=O)C(CCC)NC(=O)C1CCCN1C(=O)C(NC(=O)NCC(=O)N(CC)CC)C(C)(C)C.CC(C)C.CCC. The van der Waals surface area contributed by atoms with Crippen LogP contribution in [0.3, 0.4) is 0 Å². The first-order valence-electron chi connectivity index (χ1n) is 16.8. The summed E-state index contributed by atoms with van der Waals surface area (Å²) in [5.41, 5.74) is -0.703. The number of hydrogen-bond acceptors (Lipinski definition) is 6. The van der Waals surface area contributed by atoms with E-state index in [1.54, 1.807) is 25.7 Å². The van der Waals surface area contributed by atoms with Crippen molar-refractivity contribution in [3.05, 3.63) is 12.7 Å². The molecule has 0 saturated carbocycles. The second-order valence-corrected chi connectivity index (χ2v) is 13.0. The smallest absolute Gasteiger partial charge is 0.315 e. The fourth-order valence-electron chi connectivity index (χ4n) is 4.38. The van der Waals surface area contributed by atoms with Crippen molar-refractivity contribution in [2.75, 3.05) is 32.7 Å². The molecule has 12 heteroatoms. The number of hydrogen-bond donors (Lipinski definition) is 4. The minimum Gasteiger partial charge on any atom is -0.346 e. The molecule has 3 atom stereocenters. The van der Waals surface area contributed by atoms with Crippen LogP contribution in [0.1, 0.15) is 108 Å². The Hall–Kier alpha value is -3.44. The zero-order valence-corrected chi connectivity index (χ0v) is 30.5. The molecule has 0 bridgehead atoms. The lowest BCUT2D eigenvalue weighted by atomic mass is 9.85. The van der Waals surface area contributed by atoms with E-state index in [0.29, 0.717) is 38.9 Å². The number of carbonyl (C=O) groups excluding carboxylic acids is 6. The topological polar surface area (TPSA) is 157 Å². The van der Waals surface area contributed by atoms with Gasteiger partial charge in [-0.05, 0) is 44.4 Å². The number of likely N-dealkylation sites (tertiary alicyclic amines) is 1. The van der Waals surface area contributed by atoms with E-state index in [9.17, 15) is 28.8 Å². The van der Waals surface area contributed by atoms with Gasteiger partial charge in [-0.2, -0.15) is 0 Å². The maximum Gasteiger partial charge on any atom is 0.315 e. The van der Waals surface area contributed by atoms with Crippen molar-refractivity contribution in [2.45, 2.75) is 126 Å². The first-order valence-corrected chi connectivity index (χ1v) is 16.8. The van der Waals surface area contributed by atoms with Crippen molar-refractivity contribution in [1.29, 1.82) is 0 Å². The monoisotopic (exact) mass is 652 g/mol. The van der Waals surface area contributed by atoms with Crippen LogP contribution in [0.4, 0.5) is 4.79 Å². The maximum atomic E-state index is 13.6. The van der Waals surface area contributed by atoms with E-state index in [1.807, 2.05) is 20.8 Å². The molecule has 1 heterocycles. The van der Waals surface area contributed by atoms with E-state index in [0.717, 1.165) is 5.92 Å². The van der Waals surface area contributed by atoms with Crippen LogP contribution in [-0.2, 0) is 24.0 Å². The van der Waals surface area contributed by atoms with Crippen molar-refractivity contribution in [2.24, 2.45) is 11.3 Å². The van der Waals surface area contributed by atoms with E-state index >= 15 is 0 Å². The fourth-order valence-corrected chi connectivity index (χ4v) is 4.38. The van der Waals surface area contributed by atoms with Crippen LogP contribution in [0.2, 0.25) is 0 Å². The van der Waals surface area contributed by atoms with Crippen LogP contribution >= 0.6 is 0 Å². The number of urea groups is 1. The van der Waals surface area contributed by atoms with Crippen molar-refractivity contribution in [1.82, 2.24) is 31.1 Å². The molecule has 0 spiro atoms. The molecule has 1 aliphatic heterocycles. The molecule has 1 fully saturated rings. The predicted molar refractivity (Wildman–Crippen MR) is 184 cm³/mol. The van der Waals surface area contributed by atoms with E-state index in [4.69, 9.17) is 0 Å². The number of nitrogens with zero attached hydrogens (tertiary/aromatic N) is 2. The highest BCUT2D eigenvalue weighted by Gasteiger charge is 2.42. The van der Waals surface area contributed by atoms with Gasteiger partial charge in [0.05, 0.1) is 12.6 Å².